The van der Waals surface area contributed by atoms with Crippen molar-refractivity contribution in [1.29, 1.82) is 0 Å². The molecule has 0 aliphatic heterocycles. The van der Waals surface area contributed by atoms with E-state index in [2.05, 4.69) is 26.0 Å². The van der Waals surface area contributed by atoms with Gasteiger partial charge in [0.2, 0.25) is 0 Å². The Morgan fingerprint density at radius 2 is 1.54 bits per heavy atom. The van der Waals surface area contributed by atoms with Gasteiger partial charge in [-0.2, -0.15) is 0 Å². The summed E-state index contributed by atoms with van der Waals surface area (Å²) < 4.78 is 11.7. The fourth-order valence-electron chi connectivity index (χ4n) is 1.18. The molecule has 13 heavy (non-hydrogen) atoms. The molecule has 0 aromatic heterocycles. The molecule has 0 atom stereocenters. The molecule has 0 aliphatic rings. The van der Waals surface area contributed by atoms with Crippen LogP contribution in [0.15, 0.2) is 29.2 Å². The first-order valence-corrected chi connectivity index (χ1v) is 6.83. The van der Waals surface area contributed by atoms with Crippen LogP contribution in [0, 0.1) is 0 Å². The summed E-state index contributed by atoms with van der Waals surface area (Å²) in [5.41, 5.74) is 1.30. The Morgan fingerprint density at radius 1 is 1.08 bits per heavy atom. The molecule has 72 valence electrons. The molecule has 1 aromatic carbocycles. The van der Waals surface area contributed by atoms with E-state index in [9.17, 15) is 4.21 Å². The quantitative estimate of drug-likeness (QED) is 0.666. The van der Waals surface area contributed by atoms with E-state index in [1.165, 1.54) is 5.56 Å². The molecule has 1 rings (SSSR count). The van der Waals surface area contributed by atoms with E-state index in [4.69, 9.17) is 0 Å². The minimum absolute atomic E-state index is 0.541. The molecule has 1 aromatic rings. The van der Waals surface area contributed by atoms with E-state index >= 15 is 0 Å². The average Bonchev–Trinajstić information content (AvgIpc) is 2.03. The van der Waals surface area contributed by atoms with Crippen molar-refractivity contribution in [3.63, 3.8) is 0 Å². The molecule has 0 spiro atoms. The van der Waals surface area contributed by atoms with Gasteiger partial charge in [-0.1, -0.05) is 26.0 Å². The van der Waals surface area contributed by atoms with E-state index in [-0.39, 0.29) is 0 Å². The smallest absolute Gasteiger partial charge is 0.100 e. The molecule has 2 heteroatoms. The Hall–Kier alpha value is -0.630. The summed E-state index contributed by atoms with van der Waals surface area (Å²) in [6, 6.07) is 8.06. The van der Waals surface area contributed by atoms with Crippen LogP contribution in [0.25, 0.3) is 0 Å². The van der Waals surface area contributed by atoms with E-state index in [1.54, 1.807) is 12.5 Å². The van der Waals surface area contributed by atoms with E-state index in [0.29, 0.717) is 5.92 Å². The number of hydrogen-bond donors (Lipinski definition) is 0. The maximum atomic E-state index is 11.7. The number of hydrogen-bond acceptors (Lipinski definition) is 1. The molecule has 0 radical (unpaired) electrons. The molecule has 0 saturated heterocycles. The Morgan fingerprint density at radius 3 is 1.85 bits per heavy atom. The molecular weight excluding hydrogens is 180 g/mol. The second-order valence-electron chi connectivity index (χ2n) is 3.96. The third kappa shape index (κ3) is 2.66. The maximum absolute atomic E-state index is 11.7. The second-order valence-corrected chi connectivity index (χ2v) is 6.89. The summed E-state index contributed by atoms with van der Waals surface area (Å²) in [7, 11) is -1.80. The van der Waals surface area contributed by atoms with Crippen LogP contribution in [0.2, 0.25) is 0 Å². The van der Waals surface area contributed by atoms with E-state index in [1.807, 2.05) is 12.1 Å². The molecule has 1 nitrogen and oxygen atoms in total. The minimum atomic E-state index is -1.80. The summed E-state index contributed by atoms with van der Waals surface area (Å²) in [4.78, 5) is 0.942. The van der Waals surface area contributed by atoms with Crippen LogP contribution in [0.4, 0.5) is 0 Å². The van der Waals surface area contributed by atoms with Crippen molar-refractivity contribution in [2.45, 2.75) is 24.7 Å². The van der Waals surface area contributed by atoms with Gasteiger partial charge in [0.05, 0.1) is 0 Å². The highest BCUT2D eigenvalue weighted by atomic mass is 32.2. The standard InChI is InChI=1S/C11H17OS/c1-9(2)10-5-7-11(8-6-10)13(3,4)12/h5-9H,1-4H3/q+1. The molecule has 0 heterocycles. The van der Waals surface area contributed by atoms with Crippen LogP contribution in [0.3, 0.4) is 0 Å². The number of benzene rings is 1. The second kappa shape index (κ2) is 3.62. The first-order chi connectivity index (χ1) is 5.91. The monoisotopic (exact) mass is 197 g/mol. The van der Waals surface area contributed by atoms with Crippen molar-refractivity contribution in [2.75, 3.05) is 12.5 Å². The summed E-state index contributed by atoms with van der Waals surface area (Å²) in [6.07, 6.45) is 3.55. The zero-order chi connectivity index (χ0) is 10.1. The van der Waals surface area contributed by atoms with Gasteiger partial charge in [0.1, 0.15) is 22.4 Å². The van der Waals surface area contributed by atoms with Gasteiger partial charge in [0, 0.05) is 0 Å². The highest BCUT2D eigenvalue weighted by Crippen LogP contribution is 2.19. The van der Waals surface area contributed by atoms with Gasteiger partial charge < -0.3 is 0 Å². The molecule has 0 amide bonds. The highest BCUT2D eigenvalue weighted by Gasteiger charge is 2.16. The third-order valence-electron chi connectivity index (χ3n) is 2.11. The first kappa shape index (κ1) is 10.5. The van der Waals surface area contributed by atoms with Gasteiger partial charge in [0.25, 0.3) is 0 Å². The van der Waals surface area contributed by atoms with Crippen LogP contribution in [-0.2, 0) is 14.1 Å². The molecule has 0 aliphatic carbocycles. The predicted octanol–water partition coefficient (Wildman–Crippen LogP) is 2.93. The summed E-state index contributed by atoms with van der Waals surface area (Å²) in [5.74, 6) is 0.541. The lowest BCUT2D eigenvalue weighted by atomic mass is 10.0. The molecule has 0 saturated carbocycles. The van der Waals surface area contributed by atoms with Crippen molar-refractivity contribution >= 4 is 9.93 Å². The molecule has 0 N–H and O–H groups in total. The molecular formula is C11H17OS+. The first-order valence-electron chi connectivity index (χ1n) is 4.45. The SMILES string of the molecule is CC(C)c1ccc([S+](C)(C)=O)cc1. The lowest BCUT2D eigenvalue weighted by Gasteiger charge is -2.05. The largest absolute Gasteiger partial charge is 0.157 e. The zero-order valence-corrected chi connectivity index (χ0v) is 9.52. The zero-order valence-electron chi connectivity index (χ0n) is 8.70. The predicted molar refractivity (Wildman–Crippen MR) is 58.7 cm³/mol. The van der Waals surface area contributed by atoms with Crippen LogP contribution in [-0.4, -0.2) is 12.5 Å². The van der Waals surface area contributed by atoms with Crippen LogP contribution < -0.4 is 0 Å². The Kier molecular flexibility index (Phi) is 2.91. The van der Waals surface area contributed by atoms with Gasteiger partial charge in [0.15, 0.2) is 4.90 Å². The van der Waals surface area contributed by atoms with E-state index < -0.39 is 9.93 Å². The van der Waals surface area contributed by atoms with Gasteiger partial charge >= 0.3 is 0 Å². The van der Waals surface area contributed by atoms with Crippen molar-refractivity contribution in [3.8, 4) is 0 Å². The van der Waals surface area contributed by atoms with Gasteiger partial charge in [-0.05, 0) is 23.6 Å². The fraction of sp³-hybridized carbons (Fsp3) is 0.455. The van der Waals surface area contributed by atoms with Gasteiger partial charge in [-0.15, -0.1) is 4.21 Å². The average molecular weight is 197 g/mol. The lowest BCUT2D eigenvalue weighted by molar-refractivity contribution is 0.591. The van der Waals surface area contributed by atoms with Crippen LogP contribution in [0.5, 0.6) is 0 Å². The normalized spacial score (nSPS) is 12.1. The van der Waals surface area contributed by atoms with Crippen LogP contribution >= 0.6 is 0 Å². The lowest BCUT2D eigenvalue weighted by Crippen LogP contribution is -2.04. The van der Waals surface area contributed by atoms with Gasteiger partial charge in [-0.25, -0.2) is 0 Å². The number of rotatable bonds is 2. The molecule has 0 bridgehead atoms. The molecule has 0 fully saturated rings. The van der Waals surface area contributed by atoms with Crippen molar-refractivity contribution in [2.24, 2.45) is 0 Å². The summed E-state index contributed by atoms with van der Waals surface area (Å²) in [5, 5.41) is 0. The topological polar surface area (TPSA) is 17.1 Å². The van der Waals surface area contributed by atoms with Crippen molar-refractivity contribution in [1.82, 2.24) is 0 Å². The fourth-order valence-corrected chi connectivity index (χ4v) is 1.97. The maximum Gasteiger partial charge on any atom is 0.157 e. The van der Waals surface area contributed by atoms with E-state index in [0.717, 1.165) is 4.90 Å². The van der Waals surface area contributed by atoms with Crippen molar-refractivity contribution < 1.29 is 4.21 Å². The summed E-state index contributed by atoms with van der Waals surface area (Å²) in [6.45, 7) is 4.31. The highest BCUT2D eigenvalue weighted by molar-refractivity contribution is 8.01. The molecule has 0 unspecified atom stereocenters. The Balaban J connectivity index is 3.01. The van der Waals surface area contributed by atoms with Crippen LogP contribution in [0.1, 0.15) is 25.3 Å². The van der Waals surface area contributed by atoms with Gasteiger partial charge in [-0.3, -0.25) is 0 Å². The Bertz CT molecular complexity index is 318. The third-order valence-corrected chi connectivity index (χ3v) is 3.52. The summed E-state index contributed by atoms with van der Waals surface area (Å²) >= 11 is 0. The Labute approximate surface area is 81.6 Å². The minimum Gasteiger partial charge on any atom is -0.100 e. The van der Waals surface area contributed by atoms with Crippen molar-refractivity contribution in [3.05, 3.63) is 29.8 Å².